The van der Waals surface area contributed by atoms with Crippen LogP contribution in [0.3, 0.4) is 0 Å². The molecule has 1 aromatic carbocycles. The maximum atomic E-state index is 10.8. The van der Waals surface area contributed by atoms with Crippen LogP contribution in [0.1, 0.15) is 9.62 Å². The number of benzene rings is 1. The minimum atomic E-state index is -0.912. The average Bonchev–Trinajstić information content (AvgIpc) is 2.60. The van der Waals surface area contributed by atoms with Gasteiger partial charge in [0.2, 0.25) is 0 Å². The molecule has 0 amide bonds. The lowest BCUT2D eigenvalue weighted by Crippen LogP contribution is -2.04. The molecule has 1 aromatic heterocycles. The highest BCUT2D eigenvalue weighted by molar-refractivity contribution is 14.1. The molecule has 0 fully saturated rings. The zero-order valence-corrected chi connectivity index (χ0v) is 9.13. The van der Waals surface area contributed by atoms with E-state index in [-0.39, 0.29) is 0 Å². The van der Waals surface area contributed by atoms with Gasteiger partial charge >= 0.3 is 5.97 Å². The number of nitrogens with zero attached hydrogens (tertiary/aromatic N) is 1. The molecule has 1 N–H and O–H groups in total. The van der Waals surface area contributed by atoms with Crippen molar-refractivity contribution in [2.24, 2.45) is 0 Å². The minimum Gasteiger partial charge on any atom is -0.480 e. The third kappa shape index (κ3) is 1.47. The molecule has 1 atom stereocenters. The number of para-hydroxylation sites is 1. The zero-order valence-electron chi connectivity index (χ0n) is 6.98. The molecule has 1 heterocycles. The first-order valence-corrected chi connectivity index (χ1v) is 5.16. The number of fused-ring (bicyclic) bond motifs is 1. The van der Waals surface area contributed by atoms with Crippen LogP contribution in [0.25, 0.3) is 11.0 Å². The number of carboxylic acids is 1. The van der Waals surface area contributed by atoms with Gasteiger partial charge in [0.1, 0.15) is 5.69 Å². The van der Waals surface area contributed by atoms with Crippen LogP contribution in [-0.2, 0) is 4.79 Å². The Kier molecular flexibility index (Phi) is 2.40. The molecule has 0 radical (unpaired) electrons. The summed E-state index contributed by atoms with van der Waals surface area (Å²) in [7, 11) is 0. The minimum absolute atomic E-state index is 0.466. The highest BCUT2D eigenvalue weighted by atomic mass is 127. The average molecular weight is 303 g/mol. The van der Waals surface area contributed by atoms with Gasteiger partial charge in [0, 0.05) is 5.39 Å². The number of hydrogen-bond donors (Lipinski definition) is 1. The molecule has 4 nitrogen and oxygen atoms in total. The second-order valence-corrected chi connectivity index (χ2v) is 4.01. The number of alkyl halides is 1. The molecular weight excluding hydrogens is 297 g/mol. The third-order valence-electron chi connectivity index (χ3n) is 1.86. The maximum absolute atomic E-state index is 10.8. The van der Waals surface area contributed by atoms with E-state index < -0.39 is 9.89 Å². The van der Waals surface area contributed by atoms with Gasteiger partial charge in [0.15, 0.2) is 9.51 Å². The van der Waals surface area contributed by atoms with Crippen molar-refractivity contribution < 1.29 is 14.4 Å². The van der Waals surface area contributed by atoms with Crippen LogP contribution in [0.5, 0.6) is 0 Å². The van der Waals surface area contributed by atoms with Gasteiger partial charge in [-0.2, -0.15) is 0 Å². The first-order valence-electron chi connectivity index (χ1n) is 3.91. The predicted molar refractivity (Wildman–Crippen MR) is 58.4 cm³/mol. The highest BCUT2D eigenvalue weighted by Crippen LogP contribution is 2.29. The molecule has 2 rings (SSSR count). The summed E-state index contributed by atoms with van der Waals surface area (Å²) in [5.41, 5.74) is 1.08. The van der Waals surface area contributed by atoms with Crippen LogP contribution in [0.15, 0.2) is 28.8 Å². The molecule has 5 heteroatoms. The number of carbonyl (C=O) groups is 1. The van der Waals surface area contributed by atoms with Crippen molar-refractivity contribution in [2.45, 2.75) is 3.92 Å². The van der Waals surface area contributed by atoms with Crippen LogP contribution in [-0.4, -0.2) is 16.2 Å². The van der Waals surface area contributed by atoms with Gasteiger partial charge in [-0.15, -0.1) is 0 Å². The topological polar surface area (TPSA) is 63.3 Å². The Morgan fingerprint density at radius 1 is 1.50 bits per heavy atom. The molecule has 1 unspecified atom stereocenters. The van der Waals surface area contributed by atoms with Gasteiger partial charge in [0.05, 0.1) is 0 Å². The summed E-state index contributed by atoms with van der Waals surface area (Å²) in [6.45, 7) is 0. The number of aromatic nitrogens is 1. The third-order valence-corrected chi connectivity index (χ3v) is 2.98. The fraction of sp³-hybridized carbons (Fsp3) is 0.111. The number of aliphatic carboxylic acids is 1. The first-order chi connectivity index (χ1) is 6.70. The van der Waals surface area contributed by atoms with Crippen LogP contribution < -0.4 is 0 Å². The smallest absolute Gasteiger partial charge is 0.322 e. The second-order valence-electron chi connectivity index (χ2n) is 2.76. The summed E-state index contributed by atoms with van der Waals surface area (Å²) in [5, 5.41) is 13.3. The van der Waals surface area contributed by atoms with Gasteiger partial charge < -0.3 is 9.63 Å². The van der Waals surface area contributed by atoms with Crippen molar-refractivity contribution in [1.29, 1.82) is 0 Å². The van der Waals surface area contributed by atoms with E-state index in [4.69, 9.17) is 9.63 Å². The lowest BCUT2D eigenvalue weighted by molar-refractivity contribution is -0.136. The maximum Gasteiger partial charge on any atom is 0.322 e. The first kappa shape index (κ1) is 9.45. The Balaban J connectivity index is 2.58. The SMILES string of the molecule is O=C(O)C(I)c1noc2ccccc12. The van der Waals surface area contributed by atoms with E-state index in [1.165, 1.54) is 0 Å². The summed E-state index contributed by atoms with van der Waals surface area (Å²) in [6.07, 6.45) is 0. The Morgan fingerprint density at radius 3 is 2.93 bits per heavy atom. The number of carboxylic acid groups (broad SMARTS) is 1. The largest absolute Gasteiger partial charge is 0.480 e. The lowest BCUT2D eigenvalue weighted by atomic mass is 10.2. The molecule has 0 saturated carbocycles. The molecule has 0 spiro atoms. The van der Waals surface area contributed by atoms with E-state index in [9.17, 15) is 4.79 Å². The summed E-state index contributed by atoms with van der Waals surface area (Å²) in [6, 6.07) is 7.21. The van der Waals surface area contributed by atoms with Gasteiger partial charge in [0.25, 0.3) is 0 Å². The fourth-order valence-electron chi connectivity index (χ4n) is 1.21. The monoisotopic (exact) mass is 303 g/mol. The molecule has 14 heavy (non-hydrogen) atoms. The Morgan fingerprint density at radius 2 is 2.21 bits per heavy atom. The van der Waals surface area contributed by atoms with Gasteiger partial charge in [-0.1, -0.05) is 39.9 Å². The van der Waals surface area contributed by atoms with Crippen molar-refractivity contribution in [1.82, 2.24) is 5.16 Å². The molecule has 0 saturated heterocycles. The normalized spacial score (nSPS) is 12.9. The zero-order chi connectivity index (χ0) is 10.1. The summed E-state index contributed by atoms with van der Waals surface area (Å²) >= 11 is 1.82. The van der Waals surface area contributed by atoms with E-state index in [0.29, 0.717) is 11.3 Å². The van der Waals surface area contributed by atoms with Crippen molar-refractivity contribution in [3.63, 3.8) is 0 Å². The molecule has 0 aliphatic carbocycles. The van der Waals surface area contributed by atoms with Crippen LogP contribution >= 0.6 is 22.6 Å². The quantitative estimate of drug-likeness (QED) is 0.683. The summed E-state index contributed by atoms with van der Waals surface area (Å²) < 4.78 is 4.33. The van der Waals surface area contributed by atoms with Crippen molar-refractivity contribution >= 4 is 39.5 Å². The molecule has 0 aliphatic rings. The second kappa shape index (κ2) is 3.56. The van der Waals surface area contributed by atoms with Crippen molar-refractivity contribution in [3.05, 3.63) is 30.0 Å². The molecular formula is C9H6INO3. The Bertz CT molecular complexity index is 480. The van der Waals surface area contributed by atoms with E-state index in [0.717, 1.165) is 5.39 Å². The number of halogens is 1. The van der Waals surface area contributed by atoms with Crippen LogP contribution in [0.4, 0.5) is 0 Å². The van der Waals surface area contributed by atoms with E-state index in [2.05, 4.69) is 5.16 Å². The van der Waals surface area contributed by atoms with Gasteiger partial charge in [-0.3, -0.25) is 4.79 Å². The van der Waals surface area contributed by atoms with E-state index >= 15 is 0 Å². The Hall–Kier alpha value is -1.11. The molecule has 72 valence electrons. The number of rotatable bonds is 2. The highest BCUT2D eigenvalue weighted by Gasteiger charge is 2.22. The standard InChI is InChI=1S/C9H6INO3/c10-7(9(12)13)8-5-3-1-2-4-6(5)14-11-8/h1-4,7H,(H,12,13). The van der Waals surface area contributed by atoms with E-state index in [1.807, 2.05) is 34.7 Å². The number of hydrogen-bond acceptors (Lipinski definition) is 3. The van der Waals surface area contributed by atoms with Gasteiger partial charge in [-0.25, -0.2) is 0 Å². The summed E-state index contributed by atoms with van der Waals surface area (Å²) in [4.78, 5) is 10.8. The van der Waals surface area contributed by atoms with Crippen LogP contribution in [0.2, 0.25) is 0 Å². The lowest BCUT2D eigenvalue weighted by Gasteiger charge is -1.98. The van der Waals surface area contributed by atoms with Crippen molar-refractivity contribution in [2.75, 3.05) is 0 Å². The predicted octanol–water partition coefficient (Wildman–Crippen LogP) is 2.39. The van der Waals surface area contributed by atoms with Crippen LogP contribution in [0, 0.1) is 0 Å². The Labute approximate surface area is 93.0 Å². The van der Waals surface area contributed by atoms with E-state index in [1.54, 1.807) is 12.1 Å². The molecule has 0 aliphatic heterocycles. The van der Waals surface area contributed by atoms with Crippen molar-refractivity contribution in [3.8, 4) is 0 Å². The molecule has 2 aromatic rings. The van der Waals surface area contributed by atoms with Gasteiger partial charge in [-0.05, 0) is 12.1 Å². The summed E-state index contributed by atoms with van der Waals surface area (Å²) in [5.74, 6) is -0.912. The molecule has 0 bridgehead atoms. The fourth-order valence-corrected chi connectivity index (χ4v) is 1.65.